The molecule has 9 heteroatoms. The number of rotatable bonds is 6. The van der Waals surface area contributed by atoms with Crippen LogP contribution in [0.4, 0.5) is 5.69 Å². The quantitative estimate of drug-likeness (QED) is 0.621. The summed E-state index contributed by atoms with van der Waals surface area (Å²) >= 11 is 6.05. The van der Waals surface area contributed by atoms with Crippen LogP contribution in [0, 0.1) is 6.92 Å². The molecule has 0 bridgehead atoms. The van der Waals surface area contributed by atoms with Crippen LogP contribution >= 0.6 is 11.6 Å². The zero-order valence-electron chi connectivity index (χ0n) is 16.0. The third-order valence-electron chi connectivity index (χ3n) is 4.04. The van der Waals surface area contributed by atoms with Gasteiger partial charge in [-0.3, -0.25) is 4.79 Å². The fourth-order valence-corrected chi connectivity index (χ4v) is 2.76. The maximum absolute atomic E-state index is 12.5. The monoisotopic (exact) mass is 414 g/mol. The normalized spacial score (nSPS) is 11.6. The van der Waals surface area contributed by atoms with Crippen LogP contribution < -0.4 is 10.1 Å². The number of ether oxygens (including phenoxy) is 2. The lowest BCUT2D eigenvalue weighted by atomic mass is 10.2. The Labute approximate surface area is 172 Å². The van der Waals surface area contributed by atoms with Gasteiger partial charge in [0.05, 0.1) is 23.5 Å². The van der Waals surface area contributed by atoms with Crippen molar-refractivity contribution in [3.05, 3.63) is 64.9 Å². The van der Waals surface area contributed by atoms with Crippen molar-refractivity contribution in [2.75, 3.05) is 12.4 Å². The molecule has 0 spiro atoms. The Morgan fingerprint density at radius 3 is 2.52 bits per heavy atom. The van der Waals surface area contributed by atoms with Gasteiger partial charge in [0.1, 0.15) is 5.75 Å². The molecule has 1 heterocycles. The molecule has 3 aromatic rings. The second-order valence-electron chi connectivity index (χ2n) is 6.15. The zero-order valence-corrected chi connectivity index (χ0v) is 16.8. The van der Waals surface area contributed by atoms with E-state index in [0.29, 0.717) is 27.8 Å². The molecule has 29 heavy (non-hydrogen) atoms. The Morgan fingerprint density at radius 1 is 1.14 bits per heavy atom. The third kappa shape index (κ3) is 4.72. The van der Waals surface area contributed by atoms with Crippen LogP contribution in [0.2, 0.25) is 5.02 Å². The lowest BCUT2D eigenvalue weighted by molar-refractivity contribution is -0.123. The first-order chi connectivity index (χ1) is 13.9. The Bertz CT molecular complexity index is 1040. The predicted molar refractivity (Wildman–Crippen MR) is 108 cm³/mol. The molecule has 0 saturated carbocycles. The number of aromatic nitrogens is 3. The lowest BCUT2D eigenvalue weighted by Gasteiger charge is -2.13. The highest BCUT2D eigenvalue weighted by atomic mass is 35.5. The van der Waals surface area contributed by atoms with Crippen LogP contribution in [0.3, 0.4) is 0 Å². The molecule has 0 aliphatic rings. The van der Waals surface area contributed by atoms with E-state index in [0.717, 1.165) is 0 Å². The van der Waals surface area contributed by atoms with Crippen LogP contribution in [0.5, 0.6) is 5.75 Å². The molecule has 8 nitrogen and oxygen atoms in total. The van der Waals surface area contributed by atoms with Gasteiger partial charge in [-0.25, -0.2) is 4.79 Å². The van der Waals surface area contributed by atoms with E-state index >= 15 is 0 Å². The van der Waals surface area contributed by atoms with Crippen LogP contribution in [-0.4, -0.2) is 40.1 Å². The molecule has 1 atom stereocenters. The number of esters is 1. The average molecular weight is 415 g/mol. The van der Waals surface area contributed by atoms with E-state index < -0.39 is 18.0 Å². The van der Waals surface area contributed by atoms with Gasteiger partial charge in [-0.15, -0.1) is 5.10 Å². The number of hydrogen-bond acceptors (Lipinski definition) is 6. The first-order valence-corrected chi connectivity index (χ1v) is 9.11. The van der Waals surface area contributed by atoms with E-state index in [4.69, 9.17) is 21.1 Å². The maximum atomic E-state index is 12.5. The van der Waals surface area contributed by atoms with E-state index in [1.165, 1.54) is 18.8 Å². The first kappa shape index (κ1) is 20.3. The van der Waals surface area contributed by atoms with Crippen LogP contribution in [0.25, 0.3) is 5.69 Å². The lowest BCUT2D eigenvalue weighted by Crippen LogP contribution is -2.30. The Kier molecular flexibility index (Phi) is 6.13. The molecular formula is C20H19ClN4O4. The SMILES string of the molecule is COc1ccc(NC(=O)[C@@H](C)OC(=O)c2nn(-c3ccccc3)nc2C)cc1Cl. The summed E-state index contributed by atoms with van der Waals surface area (Å²) in [6.07, 6.45) is -1.05. The molecule has 2 aromatic carbocycles. The van der Waals surface area contributed by atoms with Crippen LogP contribution in [0.15, 0.2) is 48.5 Å². The molecule has 0 aliphatic heterocycles. The van der Waals surface area contributed by atoms with Crippen molar-refractivity contribution in [1.29, 1.82) is 0 Å². The van der Waals surface area contributed by atoms with Crippen molar-refractivity contribution in [3.63, 3.8) is 0 Å². The van der Waals surface area contributed by atoms with Gasteiger partial charge in [0.15, 0.2) is 11.8 Å². The number of benzene rings is 2. The minimum absolute atomic E-state index is 0.0426. The summed E-state index contributed by atoms with van der Waals surface area (Å²) in [5, 5.41) is 11.4. The van der Waals surface area contributed by atoms with Gasteiger partial charge >= 0.3 is 5.97 Å². The summed E-state index contributed by atoms with van der Waals surface area (Å²) in [5.74, 6) is -0.756. The van der Waals surface area contributed by atoms with Gasteiger partial charge < -0.3 is 14.8 Å². The standard InChI is InChI=1S/C20H19ClN4O4/c1-12-18(24-25(23-12)15-7-5-4-6-8-15)20(27)29-13(2)19(26)22-14-9-10-17(28-3)16(21)11-14/h4-11,13H,1-3H3,(H,22,26)/t13-/m1/s1. The summed E-state index contributed by atoms with van der Waals surface area (Å²) in [6.45, 7) is 3.11. The van der Waals surface area contributed by atoms with Crippen LogP contribution in [0.1, 0.15) is 23.1 Å². The molecule has 0 aliphatic carbocycles. The number of aryl methyl sites for hydroxylation is 1. The van der Waals surface area contributed by atoms with Gasteiger partial charge in [-0.2, -0.15) is 9.90 Å². The minimum atomic E-state index is -1.05. The third-order valence-corrected chi connectivity index (χ3v) is 4.33. The summed E-state index contributed by atoms with van der Waals surface area (Å²) in [6, 6.07) is 14.0. The van der Waals surface area contributed by atoms with Crippen molar-refractivity contribution in [3.8, 4) is 11.4 Å². The topological polar surface area (TPSA) is 95.3 Å². The second-order valence-corrected chi connectivity index (χ2v) is 6.55. The molecule has 3 rings (SSSR count). The number of carbonyl (C=O) groups is 2. The fourth-order valence-electron chi connectivity index (χ4n) is 2.50. The fraction of sp³-hybridized carbons (Fsp3) is 0.200. The zero-order chi connectivity index (χ0) is 21.0. The number of amides is 1. The number of hydrogen-bond donors (Lipinski definition) is 1. The average Bonchev–Trinajstić information content (AvgIpc) is 3.10. The van der Waals surface area contributed by atoms with E-state index in [9.17, 15) is 9.59 Å². The number of nitrogens with zero attached hydrogens (tertiary/aromatic N) is 3. The molecule has 0 unspecified atom stereocenters. The van der Waals surface area contributed by atoms with Crippen LogP contribution in [-0.2, 0) is 9.53 Å². The summed E-state index contributed by atoms with van der Waals surface area (Å²) in [5.41, 5.74) is 1.60. The number of nitrogens with one attached hydrogen (secondary N) is 1. The first-order valence-electron chi connectivity index (χ1n) is 8.73. The van der Waals surface area contributed by atoms with Crippen molar-refractivity contribution in [2.24, 2.45) is 0 Å². The van der Waals surface area contributed by atoms with Crippen molar-refractivity contribution in [1.82, 2.24) is 15.0 Å². The van der Waals surface area contributed by atoms with E-state index in [-0.39, 0.29) is 5.69 Å². The number of carbonyl (C=O) groups excluding carboxylic acids is 2. The molecule has 1 N–H and O–H groups in total. The number of anilines is 1. The molecule has 0 saturated heterocycles. The molecule has 0 radical (unpaired) electrons. The van der Waals surface area contributed by atoms with Gasteiger partial charge in [0.25, 0.3) is 5.91 Å². The summed E-state index contributed by atoms with van der Waals surface area (Å²) < 4.78 is 10.3. The molecule has 0 fully saturated rings. The van der Waals surface area contributed by atoms with Gasteiger partial charge in [-0.05, 0) is 44.2 Å². The van der Waals surface area contributed by atoms with Crippen molar-refractivity contribution in [2.45, 2.75) is 20.0 Å². The highest BCUT2D eigenvalue weighted by molar-refractivity contribution is 6.32. The molecule has 1 amide bonds. The number of para-hydroxylation sites is 1. The Morgan fingerprint density at radius 2 is 1.86 bits per heavy atom. The van der Waals surface area contributed by atoms with E-state index in [2.05, 4.69) is 15.5 Å². The minimum Gasteiger partial charge on any atom is -0.495 e. The molecular weight excluding hydrogens is 396 g/mol. The van der Waals surface area contributed by atoms with Crippen molar-refractivity contribution < 1.29 is 19.1 Å². The van der Waals surface area contributed by atoms with E-state index in [1.54, 1.807) is 25.1 Å². The second kappa shape index (κ2) is 8.74. The number of methoxy groups -OCH3 is 1. The molecule has 150 valence electrons. The summed E-state index contributed by atoms with van der Waals surface area (Å²) in [4.78, 5) is 26.2. The summed E-state index contributed by atoms with van der Waals surface area (Å²) in [7, 11) is 1.50. The van der Waals surface area contributed by atoms with Gasteiger partial charge in [0, 0.05) is 5.69 Å². The van der Waals surface area contributed by atoms with Gasteiger partial charge in [0.2, 0.25) is 0 Å². The van der Waals surface area contributed by atoms with Crippen molar-refractivity contribution >= 4 is 29.2 Å². The van der Waals surface area contributed by atoms with E-state index in [1.807, 2.05) is 30.3 Å². The highest BCUT2D eigenvalue weighted by Gasteiger charge is 2.24. The number of halogens is 1. The predicted octanol–water partition coefficient (Wildman–Crippen LogP) is 3.42. The Hall–Kier alpha value is -3.39. The smallest absolute Gasteiger partial charge is 0.361 e. The largest absolute Gasteiger partial charge is 0.495 e. The maximum Gasteiger partial charge on any atom is 0.361 e. The molecule has 1 aromatic heterocycles. The van der Waals surface area contributed by atoms with Gasteiger partial charge in [-0.1, -0.05) is 29.8 Å². The Balaban J connectivity index is 1.66. The highest BCUT2D eigenvalue weighted by Crippen LogP contribution is 2.27.